The molecule has 2 aromatic carbocycles. The van der Waals surface area contributed by atoms with Gasteiger partial charge < -0.3 is 14.4 Å². The SMILES string of the molecule is O=C(O)C[C@H](C(=O)OCc1ccccc1)c1ccn(-c2ccc(F)cc2)c1. The van der Waals surface area contributed by atoms with Crippen molar-refractivity contribution in [1.82, 2.24) is 4.57 Å². The van der Waals surface area contributed by atoms with Gasteiger partial charge >= 0.3 is 11.9 Å². The van der Waals surface area contributed by atoms with Gasteiger partial charge in [-0.25, -0.2) is 4.39 Å². The molecule has 0 fully saturated rings. The third-order valence-corrected chi connectivity index (χ3v) is 4.13. The van der Waals surface area contributed by atoms with Crippen molar-refractivity contribution >= 4 is 11.9 Å². The van der Waals surface area contributed by atoms with Crippen LogP contribution >= 0.6 is 0 Å². The second kappa shape index (κ2) is 8.31. The number of benzene rings is 2. The fourth-order valence-electron chi connectivity index (χ4n) is 2.73. The monoisotopic (exact) mass is 367 g/mol. The summed E-state index contributed by atoms with van der Waals surface area (Å²) >= 11 is 0. The van der Waals surface area contributed by atoms with Crippen LogP contribution in [0.5, 0.6) is 0 Å². The maximum Gasteiger partial charge on any atom is 0.314 e. The zero-order valence-electron chi connectivity index (χ0n) is 14.4. The largest absolute Gasteiger partial charge is 0.481 e. The van der Waals surface area contributed by atoms with Crippen molar-refractivity contribution in [2.45, 2.75) is 18.9 Å². The first-order valence-electron chi connectivity index (χ1n) is 8.39. The molecule has 1 heterocycles. The highest BCUT2D eigenvalue weighted by atomic mass is 19.1. The zero-order valence-corrected chi connectivity index (χ0v) is 14.4. The smallest absolute Gasteiger partial charge is 0.314 e. The summed E-state index contributed by atoms with van der Waals surface area (Å²) in [7, 11) is 0. The molecule has 1 atom stereocenters. The number of nitrogens with zero attached hydrogens (tertiary/aromatic N) is 1. The average molecular weight is 367 g/mol. The number of rotatable bonds is 7. The molecule has 0 bridgehead atoms. The molecule has 1 N–H and O–H groups in total. The topological polar surface area (TPSA) is 68.5 Å². The summed E-state index contributed by atoms with van der Waals surface area (Å²) in [4.78, 5) is 23.7. The summed E-state index contributed by atoms with van der Waals surface area (Å²) in [5.41, 5.74) is 2.05. The van der Waals surface area contributed by atoms with E-state index in [-0.39, 0.29) is 18.8 Å². The van der Waals surface area contributed by atoms with Gasteiger partial charge in [0, 0.05) is 18.1 Å². The summed E-state index contributed by atoms with van der Waals surface area (Å²) in [6.45, 7) is 0.0778. The first kappa shape index (κ1) is 18.4. The Bertz CT molecular complexity index is 919. The van der Waals surface area contributed by atoms with Crippen LogP contribution in [0.3, 0.4) is 0 Å². The number of carbonyl (C=O) groups is 2. The third-order valence-electron chi connectivity index (χ3n) is 4.13. The lowest BCUT2D eigenvalue weighted by Gasteiger charge is -2.13. The van der Waals surface area contributed by atoms with Gasteiger partial charge in [0.15, 0.2) is 0 Å². The van der Waals surface area contributed by atoms with Gasteiger partial charge in [0.2, 0.25) is 0 Å². The predicted octanol–water partition coefficient (Wildman–Crippen LogP) is 3.92. The van der Waals surface area contributed by atoms with Gasteiger partial charge in [-0.15, -0.1) is 0 Å². The summed E-state index contributed by atoms with van der Waals surface area (Å²) in [6, 6.07) is 16.7. The molecule has 0 aliphatic heterocycles. The van der Waals surface area contributed by atoms with Crippen LogP contribution in [0.2, 0.25) is 0 Å². The van der Waals surface area contributed by atoms with Crippen LogP contribution < -0.4 is 0 Å². The number of hydrogen-bond donors (Lipinski definition) is 1. The normalized spacial score (nSPS) is 11.7. The summed E-state index contributed by atoms with van der Waals surface area (Å²) in [6.07, 6.45) is 2.98. The number of carboxylic acids is 1. The van der Waals surface area contributed by atoms with E-state index in [1.54, 1.807) is 35.2 Å². The Hall–Kier alpha value is -3.41. The molecular formula is C21H18FNO4. The molecule has 0 aliphatic rings. The van der Waals surface area contributed by atoms with Crippen LogP contribution in [0.4, 0.5) is 4.39 Å². The van der Waals surface area contributed by atoms with E-state index >= 15 is 0 Å². The van der Waals surface area contributed by atoms with E-state index < -0.39 is 17.9 Å². The Labute approximate surface area is 155 Å². The van der Waals surface area contributed by atoms with Gasteiger partial charge in [0.25, 0.3) is 0 Å². The first-order chi connectivity index (χ1) is 13.0. The van der Waals surface area contributed by atoms with E-state index in [9.17, 15) is 19.1 Å². The lowest BCUT2D eigenvalue weighted by molar-refractivity contribution is -0.150. The van der Waals surface area contributed by atoms with Crippen molar-refractivity contribution in [3.8, 4) is 5.69 Å². The van der Waals surface area contributed by atoms with Gasteiger partial charge in [-0.2, -0.15) is 0 Å². The third kappa shape index (κ3) is 4.82. The summed E-state index contributed by atoms with van der Waals surface area (Å²) in [5.74, 6) is -2.96. The molecule has 27 heavy (non-hydrogen) atoms. The van der Waals surface area contributed by atoms with Gasteiger partial charge in [-0.05, 0) is 41.5 Å². The highest BCUT2D eigenvalue weighted by Crippen LogP contribution is 2.24. The molecule has 1 aromatic heterocycles. The van der Waals surface area contributed by atoms with Gasteiger partial charge in [-0.3, -0.25) is 9.59 Å². The lowest BCUT2D eigenvalue weighted by Crippen LogP contribution is -2.19. The predicted molar refractivity (Wildman–Crippen MR) is 97.0 cm³/mol. The van der Waals surface area contributed by atoms with Crippen LogP contribution in [0.15, 0.2) is 73.1 Å². The molecule has 0 amide bonds. The summed E-state index contributed by atoms with van der Waals surface area (Å²) in [5, 5.41) is 9.18. The minimum absolute atomic E-state index is 0.0778. The number of ether oxygens (including phenoxy) is 1. The first-order valence-corrected chi connectivity index (χ1v) is 8.39. The van der Waals surface area contributed by atoms with Crippen molar-refractivity contribution in [1.29, 1.82) is 0 Å². The van der Waals surface area contributed by atoms with Crippen molar-refractivity contribution in [2.24, 2.45) is 0 Å². The van der Waals surface area contributed by atoms with E-state index in [1.807, 2.05) is 30.3 Å². The number of esters is 1. The number of hydrogen-bond acceptors (Lipinski definition) is 3. The molecule has 0 radical (unpaired) electrons. The van der Waals surface area contributed by atoms with E-state index in [0.29, 0.717) is 11.3 Å². The van der Waals surface area contributed by atoms with Gasteiger partial charge in [-0.1, -0.05) is 30.3 Å². The molecule has 0 unspecified atom stereocenters. The molecule has 0 saturated carbocycles. The number of carboxylic acid groups (broad SMARTS) is 1. The highest BCUT2D eigenvalue weighted by Gasteiger charge is 2.26. The second-order valence-corrected chi connectivity index (χ2v) is 6.07. The van der Waals surface area contributed by atoms with Crippen molar-refractivity contribution in [3.05, 3.63) is 90.0 Å². The van der Waals surface area contributed by atoms with Crippen LogP contribution in [0.1, 0.15) is 23.5 Å². The molecule has 6 heteroatoms. The molecule has 5 nitrogen and oxygen atoms in total. The van der Waals surface area contributed by atoms with Crippen LogP contribution in [-0.4, -0.2) is 21.6 Å². The maximum absolute atomic E-state index is 13.1. The van der Waals surface area contributed by atoms with E-state index in [4.69, 9.17) is 4.74 Å². The van der Waals surface area contributed by atoms with Crippen molar-refractivity contribution in [2.75, 3.05) is 0 Å². The zero-order chi connectivity index (χ0) is 19.2. The minimum atomic E-state index is -1.09. The van der Waals surface area contributed by atoms with Crippen molar-refractivity contribution < 1.29 is 23.8 Å². The molecule has 0 aliphatic carbocycles. The lowest BCUT2D eigenvalue weighted by atomic mass is 9.99. The minimum Gasteiger partial charge on any atom is -0.481 e. The Balaban J connectivity index is 1.77. The Morgan fingerprint density at radius 2 is 1.74 bits per heavy atom. The fraction of sp³-hybridized carbons (Fsp3) is 0.143. The summed E-state index contributed by atoms with van der Waals surface area (Å²) < 4.78 is 20.1. The number of aromatic nitrogens is 1. The Morgan fingerprint density at radius 1 is 1.04 bits per heavy atom. The van der Waals surface area contributed by atoms with Crippen LogP contribution in [-0.2, 0) is 20.9 Å². The second-order valence-electron chi connectivity index (χ2n) is 6.07. The molecular weight excluding hydrogens is 349 g/mol. The Kier molecular flexibility index (Phi) is 5.66. The van der Waals surface area contributed by atoms with Gasteiger partial charge in [0.05, 0.1) is 12.3 Å². The van der Waals surface area contributed by atoms with Crippen LogP contribution in [0, 0.1) is 5.82 Å². The quantitative estimate of drug-likeness (QED) is 0.643. The standard InChI is InChI=1S/C21H18FNO4/c22-17-6-8-18(9-7-17)23-11-10-16(13-23)19(12-20(24)25)21(26)27-14-15-4-2-1-3-5-15/h1-11,13,19H,12,14H2,(H,24,25)/t19-/m0/s1. The number of aliphatic carboxylic acids is 1. The Morgan fingerprint density at radius 3 is 2.41 bits per heavy atom. The number of carbonyl (C=O) groups excluding carboxylic acids is 1. The maximum atomic E-state index is 13.1. The molecule has 3 aromatic rings. The number of halogens is 1. The van der Waals surface area contributed by atoms with E-state index in [2.05, 4.69) is 0 Å². The van der Waals surface area contributed by atoms with Crippen molar-refractivity contribution in [3.63, 3.8) is 0 Å². The molecule has 0 saturated heterocycles. The molecule has 138 valence electrons. The highest BCUT2D eigenvalue weighted by molar-refractivity contribution is 5.83. The molecule has 0 spiro atoms. The van der Waals surface area contributed by atoms with Crippen LogP contribution in [0.25, 0.3) is 5.69 Å². The molecule has 3 rings (SSSR count). The van der Waals surface area contributed by atoms with E-state index in [1.165, 1.54) is 12.1 Å². The average Bonchev–Trinajstić information content (AvgIpc) is 3.15. The van der Waals surface area contributed by atoms with Gasteiger partial charge in [0.1, 0.15) is 12.4 Å². The van der Waals surface area contributed by atoms with E-state index in [0.717, 1.165) is 5.56 Å². The fourth-order valence-corrected chi connectivity index (χ4v) is 2.73.